The Bertz CT molecular complexity index is 379. The van der Waals surface area contributed by atoms with Gasteiger partial charge in [0.2, 0.25) is 0 Å². The van der Waals surface area contributed by atoms with Crippen molar-refractivity contribution in [2.75, 3.05) is 25.1 Å². The third-order valence-corrected chi connectivity index (χ3v) is 2.40. The van der Waals surface area contributed by atoms with Gasteiger partial charge in [-0.2, -0.15) is 13.2 Å². The van der Waals surface area contributed by atoms with E-state index >= 15 is 0 Å². The van der Waals surface area contributed by atoms with Gasteiger partial charge < -0.3 is 15.1 Å². The van der Waals surface area contributed by atoms with Crippen LogP contribution in [-0.4, -0.2) is 30.4 Å². The van der Waals surface area contributed by atoms with Crippen molar-refractivity contribution < 1.29 is 23.4 Å². The summed E-state index contributed by atoms with van der Waals surface area (Å²) >= 11 is 0. The molecule has 0 spiro atoms. The summed E-state index contributed by atoms with van der Waals surface area (Å²) in [4.78, 5) is 1.32. The fraction of sp³-hybridized carbons (Fsp3) is 0.455. The first-order valence-corrected chi connectivity index (χ1v) is 5.03. The van der Waals surface area contributed by atoms with Crippen molar-refractivity contribution in [3.8, 4) is 0 Å². The monoisotopic (exact) mass is 249 g/mol. The number of aliphatic hydroxyl groups excluding tert-OH is 2. The Morgan fingerprint density at radius 1 is 1.24 bits per heavy atom. The van der Waals surface area contributed by atoms with Crippen LogP contribution in [0.25, 0.3) is 0 Å². The molecule has 0 heterocycles. The molecular formula is C11H14F3NO2. The predicted octanol–water partition coefficient (Wildman–Crippen LogP) is 1.63. The van der Waals surface area contributed by atoms with E-state index in [1.54, 1.807) is 0 Å². The van der Waals surface area contributed by atoms with Gasteiger partial charge in [-0.25, -0.2) is 0 Å². The molecule has 0 bridgehead atoms. The van der Waals surface area contributed by atoms with Crippen LogP contribution in [0.15, 0.2) is 18.2 Å². The van der Waals surface area contributed by atoms with E-state index in [1.807, 2.05) is 0 Å². The van der Waals surface area contributed by atoms with Gasteiger partial charge in [-0.15, -0.1) is 0 Å². The molecule has 0 aromatic heterocycles. The lowest BCUT2D eigenvalue weighted by atomic mass is 10.1. The number of nitrogens with zero attached hydrogens (tertiary/aromatic N) is 1. The Balaban J connectivity index is 3.20. The van der Waals surface area contributed by atoms with Gasteiger partial charge in [0.1, 0.15) is 0 Å². The minimum Gasteiger partial charge on any atom is -0.395 e. The van der Waals surface area contributed by atoms with E-state index in [-0.39, 0.29) is 24.4 Å². The summed E-state index contributed by atoms with van der Waals surface area (Å²) in [5, 5.41) is 17.6. The second-order valence-electron chi connectivity index (χ2n) is 3.65. The van der Waals surface area contributed by atoms with Crippen LogP contribution >= 0.6 is 0 Å². The SMILES string of the molecule is CN(CCO)c1ccc(CO)cc1C(F)(F)F. The molecule has 6 heteroatoms. The van der Waals surface area contributed by atoms with Crippen molar-refractivity contribution in [2.45, 2.75) is 12.8 Å². The van der Waals surface area contributed by atoms with Crippen molar-refractivity contribution in [2.24, 2.45) is 0 Å². The van der Waals surface area contributed by atoms with Crippen molar-refractivity contribution in [1.29, 1.82) is 0 Å². The van der Waals surface area contributed by atoms with E-state index in [4.69, 9.17) is 10.2 Å². The number of likely N-dealkylation sites (N-methyl/N-ethyl adjacent to an activating group) is 1. The molecule has 0 radical (unpaired) electrons. The standard InChI is InChI=1S/C11H14F3NO2/c1-15(4-5-16)10-3-2-8(7-17)6-9(10)11(12,13)14/h2-3,6,16-17H,4-5,7H2,1H3. The Hall–Kier alpha value is -1.27. The maximum absolute atomic E-state index is 12.8. The van der Waals surface area contributed by atoms with Crippen molar-refractivity contribution in [3.05, 3.63) is 29.3 Å². The summed E-state index contributed by atoms with van der Waals surface area (Å²) < 4.78 is 38.4. The minimum atomic E-state index is -4.48. The molecule has 0 atom stereocenters. The van der Waals surface area contributed by atoms with Crippen LogP contribution in [0.2, 0.25) is 0 Å². The van der Waals surface area contributed by atoms with Gasteiger partial charge in [0.05, 0.1) is 18.8 Å². The summed E-state index contributed by atoms with van der Waals surface area (Å²) in [6, 6.07) is 3.64. The molecule has 0 unspecified atom stereocenters. The smallest absolute Gasteiger partial charge is 0.395 e. The van der Waals surface area contributed by atoms with Gasteiger partial charge in [-0.05, 0) is 17.7 Å². The molecule has 1 aromatic carbocycles. The first-order chi connectivity index (χ1) is 7.90. The molecule has 3 nitrogen and oxygen atoms in total. The van der Waals surface area contributed by atoms with Crippen LogP contribution in [0.1, 0.15) is 11.1 Å². The van der Waals surface area contributed by atoms with Gasteiger partial charge in [-0.3, -0.25) is 0 Å². The van der Waals surface area contributed by atoms with Crippen LogP contribution in [0.3, 0.4) is 0 Å². The number of rotatable bonds is 4. The predicted molar refractivity (Wildman–Crippen MR) is 57.7 cm³/mol. The lowest BCUT2D eigenvalue weighted by Crippen LogP contribution is -2.24. The third-order valence-electron chi connectivity index (χ3n) is 2.40. The number of hydrogen-bond acceptors (Lipinski definition) is 3. The summed E-state index contributed by atoms with van der Waals surface area (Å²) in [5.41, 5.74) is -0.609. The number of alkyl halides is 3. The molecule has 0 saturated carbocycles. The molecule has 1 rings (SSSR count). The molecule has 2 N–H and O–H groups in total. The zero-order chi connectivity index (χ0) is 13.1. The molecule has 0 fully saturated rings. The molecule has 96 valence electrons. The van der Waals surface area contributed by atoms with E-state index in [9.17, 15) is 13.2 Å². The van der Waals surface area contributed by atoms with Crippen LogP contribution in [-0.2, 0) is 12.8 Å². The average molecular weight is 249 g/mol. The molecule has 1 aromatic rings. The van der Waals surface area contributed by atoms with E-state index in [0.29, 0.717) is 0 Å². The summed E-state index contributed by atoms with van der Waals surface area (Å²) in [6.45, 7) is -0.551. The number of halogens is 3. The second-order valence-corrected chi connectivity index (χ2v) is 3.65. The molecule has 0 aliphatic carbocycles. The maximum atomic E-state index is 12.8. The van der Waals surface area contributed by atoms with Crippen LogP contribution in [0, 0.1) is 0 Å². The van der Waals surface area contributed by atoms with Crippen LogP contribution < -0.4 is 4.90 Å². The molecule has 0 aliphatic heterocycles. The molecule has 0 saturated heterocycles. The van der Waals surface area contributed by atoms with Crippen LogP contribution in [0.5, 0.6) is 0 Å². The van der Waals surface area contributed by atoms with Crippen molar-refractivity contribution in [1.82, 2.24) is 0 Å². The highest BCUT2D eigenvalue weighted by Gasteiger charge is 2.34. The molecule has 17 heavy (non-hydrogen) atoms. The molecular weight excluding hydrogens is 235 g/mol. The van der Waals surface area contributed by atoms with Gasteiger partial charge in [0.15, 0.2) is 0 Å². The van der Waals surface area contributed by atoms with E-state index in [1.165, 1.54) is 24.1 Å². The zero-order valence-electron chi connectivity index (χ0n) is 9.33. The van der Waals surface area contributed by atoms with Crippen molar-refractivity contribution >= 4 is 5.69 Å². The first kappa shape index (κ1) is 13.8. The number of benzene rings is 1. The van der Waals surface area contributed by atoms with Crippen molar-refractivity contribution in [3.63, 3.8) is 0 Å². The summed E-state index contributed by atoms with van der Waals surface area (Å²) in [6.07, 6.45) is -4.48. The minimum absolute atomic E-state index is 0.0104. The highest BCUT2D eigenvalue weighted by molar-refractivity contribution is 5.55. The lowest BCUT2D eigenvalue weighted by Gasteiger charge is -2.23. The van der Waals surface area contributed by atoms with Gasteiger partial charge in [-0.1, -0.05) is 6.07 Å². The highest BCUT2D eigenvalue weighted by Crippen LogP contribution is 2.36. The largest absolute Gasteiger partial charge is 0.418 e. The Labute approximate surface area is 97.1 Å². The fourth-order valence-electron chi connectivity index (χ4n) is 1.51. The highest BCUT2D eigenvalue weighted by atomic mass is 19.4. The maximum Gasteiger partial charge on any atom is 0.418 e. The van der Waals surface area contributed by atoms with E-state index in [0.717, 1.165) is 6.07 Å². The summed E-state index contributed by atoms with van der Waals surface area (Å²) in [5.74, 6) is 0. The quantitative estimate of drug-likeness (QED) is 0.852. The van der Waals surface area contributed by atoms with E-state index < -0.39 is 18.3 Å². The fourth-order valence-corrected chi connectivity index (χ4v) is 1.51. The first-order valence-electron chi connectivity index (χ1n) is 5.03. The van der Waals surface area contributed by atoms with Crippen LogP contribution in [0.4, 0.5) is 18.9 Å². The number of aliphatic hydroxyl groups is 2. The second kappa shape index (κ2) is 5.37. The Kier molecular flexibility index (Phi) is 4.36. The zero-order valence-corrected chi connectivity index (χ0v) is 9.33. The van der Waals surface area contributed by atoms with Gasteiger partial charge >= 0.3 is 6.18 Å². The molecule has 0 amide bonds. The normalized spacial score (nSPS) is 11.6. The lowest BCUT2D eigenvalue weighted by molar-refractivity contribution is -0.137. The summed E-state index contributed by atoms with van der Waals surface area (Å²) in [7, 11) is 1.47. The van der Waals surface area contributed by atoms with E-state index in [2.05, 4.69) is 0 Å². The topological polar surface area (TPSA) is 43.7 Å². The Morgan fingerprint density at radius 2 is 1.88 bits per heavy atom. The molecule has 0 aliphatic rings. The van der Waals surface area contributed by atoms with Gasteiger partial charge in [0.25, 0.3) is 0 Å². The number of hydrogen-bond donors (Lipinski definition) is 2. The average Bonchev–Trinajstić information content (AvgIpc) is 2.27. The third kappa shape index (κ3) is 3.34. The van der Waals surface area contributed by atoms with Gasteiger partial charge in [0, 0.05) is 19.3 Å². The number of anilines is 1. The Morgan fingerprint density at radius 3 is 2.35 bits per heavy atom.